The quantitative estimate of drug-likeness (QED) is 0.574. The molecule has 162 valence electrons. The minimum Gasteiger partial charge on any atom is -0.497 e. The van der Waals surface area contributed by atoms with Crippen molar-refractivity contribution in [2.45, 2.75) is 25.3 Å². The Bertz CT molecular complexity index is 1120. The largest absolute Gasteiger partial charge is 0.497 e. The number of fused-ring (bicyclic) bond motifs is 2. The molecule has 1 aromatic heterocycles. The second kappa shape index (κ2) is 8.71. The van der Waals surface area contributed by atoms with Crippen molar-refractivity contribution in [2.75, 3.05) is 27.8 Å². The van der Waals surface area contributed by atoms with Crippen LogP contribution in [0.4, 0.5) is 0 Å². The Morgan fingerprint density at radius 1 is 1.26 bits per heavy atom. The average Bonchev–Trinajstić information content (AvgIpc) is 3.22. The smallest absolute Gasteiger partial charge is 0.254 e. The second-order valence-corrected chi connectivity index (χ2v) is 7.70. The summed E-state index contributed by atoms with van der Waals surface area (Å²) in [5.41, 5.74) is 4.84. The van der Waals surface area contributed by atoms with Crippen LogP contribution < -0.4 is 14.8 Å². The van der Waals surface area contributed by atoms with Crippen LogP contribution in [0.5, 0.6) is 11.5 Å². The molecule has 1 atom stereocenters. The minimum atomic E-state index is -0.203. The van der Waals surface area contributed by atoms with Crippen LogP contribution in [0.25, 0.3) is 10.9 Å². The standard InChI is InChI=1S/C24H27N3O4/c1-25-24(29)20-12-19-15(10-23(20)31-3)8-9-27(14-28)22(19)7-4-16-13-26-21-6-5-17(30-2)11-18(16)21/h5-6,10-14,22,26H,4,7-9H2,1-3H3,(H,25,29)/t22-/m0/s1. The number of aromatic nitrogens is 1. The van der Waals surface area contributed by atoms with Gasteiger partial charge in [0.2, 0.25) is 6.41 Å². The van der Waals surface area contributed by atoms with Gasteiger partial charge in [-0.1, -0.05) is 0 Å². The monoisotopic (exact) mass is 421 g/mol. The van der Waals surface area contributed by atoms with Crippen molar-refractivity contribution in [3.63, 3.8) is 0 Å². The van der Waals surface area contributed by atoms with Crippen LogP contribution in [0.1, 0.15) is 39.5 Å². The molecule has 2 aromatic carbocycles. The Morgan fingerprint density at radius 3 is 2.81 bits per heavy atom. The zero-order valence-corrected chi connectivity index (χ0v) is 18.0. The van der Waals surface area contributed by atoms with Crippen LogP contribution in [0.3, 0.4) is 0 Å². The van der Waals surface area contributed by atoms with Crippen molar-refractivity contribution >= 4 is 23.2 Å². The van der Waals surface area contributed by atoms with Gasteiger partial charge in [-0.05, 0) is 66.3 Å². The van der Waals surface area contributed by atoms with E-state index in [1.807, 2.05) is 41.4 Å². The van der Waals surface area contributed by atoms with Crippen molar-refractivity contribution in [1.82, 2.24) is 15.2 Å². The predicted molar refractivity (Wildman–Crippen MR) is 119 cm³/mol. The molecule has 0 fully saturated rings. The molecular formula is C24H27N3O4. The lowest BCUT2D eigenvalue weighted by molar-refractivity contribution is -0.120. The number of aryl methyl sites for hydroxylation is 1. The molecule has 0 bridgehead atoms. The Balaban J connectivity index is 1.68. The van der Waals surface area contributed by atoms with Crippen LogP contribution in [0.2, 0.25) is 0 Å². The van der Waals surface area contributed by atoms with E-state index in [0.29, 0.717) is 17.9 Å². The molecule has 7 nitrogen and oxygen atoms in total. The molecule has 7 heteroatoms. The highest BCUT2D eigenvalue weighted by Gasteiger charge is 2.29. The summed E-state index contributed by atoms with van der Waals surface area (Å²) in [5, 5.41) is 3.79. The first kappa shape index (κ1) is 20.8. The van der Waals surface area contributed by atoms with Gasteiger partial charge in [0.05, 0.1) is 25.8 Å². The molecular weight excluding hydrogens is 394 g/mol. The number of hydrogen-bond donors (Lipinski definition) is 2. The van der Waals surface area contributed by atoms with E-state index in [9.17, 15) is 9.59 Å². The first-order valence-corrected chi connectivity index (χ1v) is 10.4. The van der Waals surface area contributed by atoms with E-state index in [-0.39, 0.29) is 11.9 Å². The van der Waals surface area contributed by atoms with Gasteiger partial charge in [-0.15, -0.1) is 0 Å². The zero-order valence-electron chi connectivity index (χ0n) is 18.0. The summed E-state index contributed by atoms with van der Waals surface area (Å²) in [4.78, 5) is 29.4. The second-order valence-electron chi connectivity index (χ2n) is 7.70. The number of amides is 2. The minimum absolute atomic E-state index is 0.105. The van der Waals surface area contributed by atoms with Crippen molar-refractivity contribution in [2.24, 2.45) is 0 Å². The third-order valence-electron chi connectivity index (χ3n) is 6.13. The van der Waals surface area contributed by atoms with E-state index in [1.165, 1.54) is 5.56 Å². The van der Waals surface area contributed by atoms with E-state index in [1.54, 1.807) is 21.3 Å². The van der Waals surface area contributed by atoms with Gasteiger partial charge in [-0.25, -0.2) is 0 Å². The summed E-state index contributed by atoms with van der Waals surface area (Å²) in [6.45, 7) is 0.644. The lowest BCUT2D eigenvalue weighted by Crippen LogP contribution is -2.35. The van der Waals surface area contributed by atoms with Gasteiger partial charge < -0.3 is 24.7 Å². The molecule has 4 rings (SSSR count). The number of carbonyl (C=O) groups excluding carboxylic acids is 2. The van der Waals surface area contributed by atoms with Gasteiger partial charge in [-0.3, -0.25) is 9.59 Å². The molecule has 1 aliphatic heterocycles. The van der Waals surface area contributed by atoms with E-state index in [0.717, 1.165) is 53.5 Å². The number of rotatable bonds is 7. The summed E-state index contributed by atoms with van der Waals surface area (Å²) >= 11 is 0. The van der Waals surface area contributed by atoms with E-state index in [2.05, 4.69) is 10.3 Å². The number of carbonyl (C=O) groups is 2. The lowest BCUT2D eigenvalue weighted by atomic mass is 9.87. The molecule has 0 aliphatic carbocycles. The molecule has 31 heavy (non-hydrogen) atoms. The molecule has 2 amide bonds. The summed E-state index contributed by atoms with van der Waals surface area (Å²) in [6, 6.07) is 9.68. The maximum atomic E-state index is 12.4. The van der Waals surface area contributed by atoms with Crippen LogP contribution in [-0.4, -0.2) is 50.0 Å². The molecule has 0 saturated carbocycles. The summed E-state index contributed by atoms with van der Waals surface area (Å²) < 4.78 is 10.8. The van der Waals surface area contributed by atoms with Gasteiger partial charge in [0, 0.05) is 30.7 Å². The third kappa shape index (κ3) is 3.83. The van der Waals surface area contributed by atoms with Gasteiger partial charge in [-0.2, -0.15) is 0 Å². The SMILES string of the molecule is CNC(=O)c1cc2c(cc1OC)CCN(C=O)[C@H]2CCc1c[nH]c2ccc(OC)cc12. The van der Waals surface area contributed by atoms with Crippen LogP contribution >= 0.6 is 0 Å². The summed E-state index contributed by atoms with van der Waals surface area (Å²) in [5.74, 6) is 1.17. The lowest BCUT2D eigenvalue weighted by Gasteiger charge is -2.35. The number of benzene rings is 2. The van der Waals surface area contributed by atoms with Gasteiger partial charge in [0.1, 0.15) is 11.5 Å². The fourth-order valence-electron chi connectivity index (χ4n) is 4.46. The summed E-state index contributed by atoms with van der Waals surface area (Å²) in [7, 11) is 4.83. The Kier molecular flexibility index (Phi) is 5.84. The Hall–Kier alpha value is -3.48. The van der Waals surface area contributed by atoms with Crippen LogP contribution in [-0.2, 0) is 17.6 Å². The molecule has 3 aromatic rings. The first-order chi connectivity index (χ1) is 15.1. The normalized spacial score (nSPS) is 15.5. The van der Waals surface area contributed by atoms with E-state index in [4.69, 9.17) is 9.47 Å². The highest BCUT2D eigenvalue weighted by Crippen LogP contribution is 2.37. The van der Waals surface area contributed by atoms with Crippen molar-refractivity contribution in [3.8, 4) is 11.5 Å². The highest BCUT2D eigenvalue weighted by atomic mass is 16.5. The van der Waals surface area contributed by atoms with Gasteiger partial charge >= 0.3 is 0 Å². The van der Waals surface area contributed by atoms with Crippen LogP contribution in [0, 0.1) is 0 Å². The average molecular weight is 421 g/mol. The predicted octanol–water partition coefficient (Wildman–Crippen LogP) is 3.23. The maximum Gasteiger partial charge on any atom is 0.254 e. The molecule has 2 heterocycles. The van der Waals surface area contributed by atoms with Crippen LogP contribution in [0.15, 0.2) is 36.5 Å². The molecule has 0 radical (unpaired) electrons. The summed E-state index contributed by atoms with van der Waals surface area (Å²) in [6.07, 6.45) is 5.19. The number of nitrogens with zero attached hydrogens (tertiary/aromatic N) is 1. The number of methoxy groups -OCH3 is 2. The fraction of sp³-hybridized carbons (Fsp3) is 0.333. The number of aromatic amines is 1. The first-order valence-electron chi connectivity index (χ1n) is 10.4. The third-order valence-corrected chi connectivity index (χ3v) is 6.13. The number of ether oxygens (including phenoxy) is 2. The highest BCUT2D eigenvalue weighted by molar-refractivity contribution is 5.97. The van der Waals surface area contributed by atoms with Crippen molar-refractivity contribution in [3.05, 3.63) is 58.8 Å². The number of hydrogen-bond acceptors (Lipinski definition) is 4. The van der Waals surface area contributed by atoms with Crippen molar-refractivity contribution in [1.29, 1.82) is 0 Å². The van der Waals surface area contributed by atoms with Crippen molar-refractivity contribution < 1.29 is 19.1 Å². The number of nitrogens with one attached hydrogen (secondary N) is 2. The Labute approximate surface area is 181 Å². The maximum absolute atomic E-state index is 12.4. The van der Waals surface area contributed by atoms with Gasteiger partial charge in [0.25, 0.3) is 5.91 Å². The fourth-order valence-corrected chi connectivity index (χ4v) is 4.46. The molecule has 0 unspecified atom stereocenters. The molecule has 1 aliphatic rings. The molecule has 2 N–H and O–H groups in total. The molecule has 0 spiro atoms. The number of H-pyrrole nitrogens is 1. The molecule has 0 saturated heterocycles. The van der Waals surface area contributed by atoms with E-state index >= 15 is 0 Å². The van der Waals surface area contributed by atoms with Gasteiger partial charge in [0.15, 0.2) is 0 Å². The Morgan fingerprint density at radius 2 is 2.10 bits per heavy atom. The zero-order chi connectivity index (χ0) is 22.0. The van der Waals surface area contributed by atoms with E-state index < -0.39 is 0 Å². The topological polar surface area (TPSA) is 83.7 Å².